The molecule has 12 heteroatoms. The van der Waals surface area contributed by atoms with Gasteiger partial charge in [0, 0.05) is 39.2 Å². The molecule has 3 aromatic carbocycles. The molecule has 0 atom stereocenters. The molecule has 0 fully saturated rings. The first-order valence-corrected chi connectivity index (χ1v) is 12.9. The molecule has 0 bridgehead atoms. The van der Waals surface area contributed by atoms with Gasteiger partial charge in [-0.05, 0) is 48.5 Å². The Balaban J connectivity index is 1.27. The number of anilines is 2. The Labute approximate surface area is 223 Å². The van der Waals surface area contributed by atoms with Crippen LogP contribution in [0.25, 0.3) is 11.3 Å². The molecule has 182 valence electrons. The molecule has 0 radical (unpaired) electrons. The van der Waals surface area contributed by atoms with Crippen molar-refractivity contribution in [2.24, 2.45) is 0 Å². The molecule has 2 N–H and O–H groups in total. The standard InChI is InChI=1S/C24H16Cl2N4O4S2/c25-19-10-3-15(11-20(19)26)21-12-36-24(28-21)29-22(31)13-35-18-8-4-16(5-9-18)27-23(32)14-1-6-17(7-2-14)30(33)34/h1-12H,13H2,(H,27,32)(H,28,29,31). The molecule has 0 spiro atoms. The average molecular weight is 559 g/mol. The second kappa shape index (κ2) is 11.5. The van der Waals surface area contributed by atoms with E-state index < -0.39 is 4.92 Å². The number of hydrogen-bond donors (Lipinski definition) is 2. The van der Waals surface area contributed by atoms with Crippen molar-refractivity contribution in [2.75, 3.05) is 16.4 Å². The Morgan fingerprint density at radius 1 is 0.972 bits per heavy atom. The van der Waals surface area contributed by atoms with E-state index in [4.69, 9.17) is 23.2 Å². The number of thiazole rings is 1. The van der Waals surface area contributed by atoms with E-state index >= 15 is 0 Å². The first-order valence-electron chi connectivity index (χ1n) is 10.3. The highest BCUT2D eigenvalue weighted by Crippen LogP contribution is 2.30. The third-order valence-corrected chi connectivity index (χ3v) is 7.30. The Morgan fingerprint density at radius 2 is 1.69 bits per heavy atom. The van der Waals surface area contributed by atoms with E-state index in [1.165, 1.54) is 47.4 Å². The van der Waals surface area contributed by atoms with Gasteiger partial charge in [-0.2, -0.15) is 0 Å². The van der Waals surface area contributed by atoms with Gasteiger partial charge >= 0.3 is 0 Å². The first-order chi connectivity index (χ1) is 17.3. The molecule has 1 aromatic heterocycles. The summed E-state index contributed by atoms with van der Waals surface area (Å²) in [6.07, 6.45) is 0. The second-order valence-corrected chi connectivity index (χ2v) is 10.0. The Bertz CT molecular complexity index is 1430. The fourth-order valence-electron chi connectivity index (χ4n) is 3.00. The number of nitrogens with one attached hydrogen (secondary N) is 2. The van der Waals surface area contributed by atoms with Crippen LogP contribution in [0.15, 0.2) is 77.0 Å². The van der Waals surface area contributed by atoms with Gasteiger partial charge in [0.2, 0.25) is 5.91 Å². The number of halogens is 2. The average Bonchev–Trinajstić information content (AvgIpc) is 3.33. The number of carbonyl (C=O) groups is 2. The van der Waals surface area contributed by atoms with Gasteiger partial charge in [-0.1, -0.05) is 29.3 Å². The van der Waals surface area contributed by atoms with Crippen LogP contribution in [0, 0.1) is 10.1 Å². The zero-order valence-corrected chi connectivity index (χ0v) is 21.4. The molecule has 8 nitrogen and oxygen atoms in total. The highest BCUT2D eigenvalue weighted by molar-refractivity contribution is 8.00. The molecule has 4 aromatic rings. The topological polar surface area (TPSA) is 114 Å². The number of nitro groups is 1. The normalized spacial score (nSPS) is 10.6. The number of benzene rings is 3. The van der Waals surface area contributed by atoms with E-state index in [9.17, 15) is 19.7 Å². The summed E-state index contributed by atoms with van der Waals surface area (Å²) in [7, 11) is 0. The lowest BCUT2D eigenvalue weighted by molar-refractivity contribution is -0.384. The van der Waals surface area contributed by atoms with Crippen LogP contribution in [0.2, 0.25) is 10.0 Å². The molecule has 4 rings (SSSR count). The summed E-state index contributed by atoms with van der Waals surface area (Å²) in [4.78, 5) is 40.2. The van der Waals surface area contributed by atoms with Crippen LogP contribution in [-0.4, -0.2) is 27.5 Å². The molecular weight excluding hydrogens is 543 g/mol. The summed E-state index contributed by atoms with van der Waals surface area (Å²) in [5, 5.41) is 19.4. The monoisotopic (exact) mass is 558 g/mol. The molecule has 2 amide bonds. The lowest BCUT2D eigenvalue weighted by atomic mass is 10.2. The molecule has 0 aliphatic rings. The maximum absolute atomic E-state index is 12.4. The van der Waals surface area contributed by atoms with Gasteiger partial charge in [0.1, 0.15) is 0 Å². The van der Waals surface area contributed by atoms with Crippen LogP contribution in [0.4, 0.5) is 16.5 Å². The smallest absolute Gasteiger partial charge is 0.269 e. The van der Waals surface area contributed by atoms with Gasteiger partial charge < -0.3 is 10.6 Å². The minimum Gasteiger partial charge on any atom is -0.322 e. The van der Waals surface area contributed by atoms with Crippen LogP contribution in [0.3, 0.4) is 0 Å². The summed E-state index contributed by atoms with van der Waals surface area (Å²) >= 11 is 14.7. The number of carbonyl (C=O) groups excluding carboxylic acids is 2. The van der Waals surface area contributed by atoms with Gasteiger partial charge in [-0.25, -0.2) is 4.98 Å². The number of nitro benzene ring substituents is 1. The molecule has 0 aliphatic carbocycles. The quantitative estimate of drug-likeness (QED) is 0.136. The van der Waals surface area contributed by atoms with E-state index in [0.717, 1.165) is 10.5 Å². The van der Waals surface area contributed by atoms with Gasteiger partial charge in [-0.3, -0.25) is 19.7 Å². The number of rotatable bonds is 8. The zero-order valence-electron chi connectivity index (χ0n) is 18.2. The number of amides is 2. The molecular formula is C24H16Cl2N4O4S2. The number of aromatic nitrogens is 1. The van der Waals surface area contributed by atoms with Crippen LogP contribution in [-0.2, 0) is 4.79 Å². The number of nitrogens with zero attached hydrogens (tertiary/aromatic N) is 2. The maximum atomic E-state index is 12.4. The van der Waals surface area contributed by atoms with Crippen LogP contribution >= 0.6 is 46.3 Å². The van der Waals surface area contributed by atoms with Crippen molar-refractivity contribution in [2.45, 2.75) is 4.90 Å². The van der Waals surface area contributed by atoms with Crippen molar-refractivity contribution in [1.29, 1.82) is 0 Å². The van der Waals surface area contributed by atoms with E-state index in [-0.39, 0.29) is 23.3 Å². The molecule has 1 heterocycles. The largest absolute Gasteiger partial charge is 0.322 e. The van der Waals surface area contributed by atoms with Crippen molar-refractivity contribution in [3.05, 3.63) is 97.8 Å². The van der Waals surface area contributed by atoms with Crippen LogP contribution in [0.5, 0.6) is 0 Å². The van der Waals surface area contributed by atoms with Gasteiger partial charge in [0.05, 0.1) is 26.4 Å². The van der Waals surface area contributed by atoms with Crippen LogP contribution in [0.1, 0.15) is 10.4 Å². The van der Waals surface area contributed by atoms with Gasteiger partial charge in [0.15, 0.2) is 5.13 Å². The van der Waals surface area contributed by atoms with E-state index in [0.29, 0.717) is 32.1 Å². The highest BCUT2D eigenvalue weighted by atomic mass is 35.5. The van der Waals surface area contributed by atoms with Gasteiger partial charge in [-0.15, -0.1) is 23.1 Å². The molecule has 0 unspecified atom stereocenters. The molecule has 36 heavy (non-hydrogen) atoms. The summed E-state index contributed by atoms with van der Waals surface area (Å²) < 4.78 is 0. The Kier molecular flexibility index (Phi) is 8.21. The van der Waals surface area contributed by atoms with Crippen LogP contribution < -0.4 is 10.6 Å². The van der Waals surface area contributed by atoms with Gasteiger partial charge in [0.25, 0.3) is 11.6 Å². The summed E-state index contributed by atoms with van der Waals surface area (Å²) in [6.45, 7) is 0. The van der Waals surface area contributed by atoms with Crippen molar-refractivity contribution in [3.63, 3.8) is 0 Å². The molecule has 0 saturated carbocycles. The molecule has 0 saturated heterocycles. The van der Waals surface area contributed by atoms with Crippen molar-refractivity contribution in [3.8, 4) is 11.3 Å². The van der Waals surface area contributed by atoms with E-state index in [1.54, 1.807) is 36.4 Å². The summed E-state index contributed by atoms with van der Waals surface area (Å²) in [5.41, 5.74) is 2.27. The van der Waals surface area contributed by atoms with Crippen molar-refractivity contribution >= 4 is 74.6 Å². The number of hydrogen-bond acceptors (Lipinski definition) is 7. The van der Waals surface area contributed by atoms with E-state index in [1.807, 2.05) is 11.4 Å². The maximum Gasteiger partial charge on any atom is 0.269 e. The molecule has 0 aliphatic heterocycles. The summed E-state index contributed by atoms with van der Waals surface area (Å²) in [6, 6.07) is 17.6. The van der Waals surface area contributed by atoms with Crippen molar-refractivity contribution < 1.29 is 14.5 Å². The Morgan fingerprint density at radius 3 is 2.36 bits per heavy atom. The first kappa shape index (κ1) is 25.6. The minimum absolute atomic E-state index is 0.0845. The number of non-ortho nitro benzene ring substituents is 1. The zero-order chi connectivity index (χ0) is 25.7. The lowest BCUT2D eigenvalue weighted by Crippen LogP contribution is -2.13. The highest BCUT2D eigenvalue weighted by Gasteiger charge is 2.12. The minimum atomic E-state index is -0.524. The lowest BCUT2D eigenvalue weighted by Gasteiger charge is -2.07. The predicted molar refractivity (Wildman–Crippen MR) is 144 cm³/mol. The Hall–Kier alpha value is -3.44. The SMILES string of the molecule is O=C(CSc1ccc(NC(=O)c2ccc([N+](=O)[O-])cc2)cc1)Nc1nc(-c2ccc(Cl)c(Cl)c2)cs1. The third kappa shape index (κ3) is 6.61. The third-order valence-electron chi connectivity index (χ3n) is 4.79. The fourth-order valence-corrected chi connectivity index (χ4v) is 4.73. The fraction of sp³-hybridized carbons (Fsp3) is 0.0417. The second-order valence-electron chi connectivity index (χ2n) is 7.29. The summed E-state index contributed by atoms with van der Waals surface area (Å²) in [5.74, 6) is -0.408. The predicted octanol–water partition coefficient (Wildman–Crippen LogP) is 7.01. The van der Waals surface area contributed by atoms with E-state index in [2.05, 4.69) is 15.6 Å². The number of thioether (sulfide) groups is 1. The van der Waals surface area contributed by atoms with Crippen molar-refractivity contribution in [1.82, 2.24) is 4.98 Å².